The van der Waals surface area contributed by atoms with Crippen molar-refractivity contribution >= 4 is 51.2 Å². The van der Waals surface area contributed by atoms with Gasteiger partial charge in [0.25, 0.3) is 5.91 Å². The minimum atomic E-state index is -3.12. The molecule has 2 amide bonds. The summed E-state index contributed by atoms with van der Waals surface area (Å²) in [5, 5.41) is 7.58. The van der Waals surface area contributed by atoms with Gasteiger partial charge < -0.3 is 24.6 Å². The molecule has 1 saturated heterocycles. The van der Waals surface area contributed by atoms with Crippen LogP contribution in [-0.4, -0.2) is 95.5 Å². The van der Waals surface area contributed by atoms with Crippen LogP contribution in [0.15, 0.2) is 94.5 Å². The van der Waals surface area contributed by atoms with Gasteiger partial charge in [0.05, 0.1) is 11.3 Å². The van der Waals surface area contributed by atoms with E-state index in [1.54, 1.807) is 35.3 Å². The number of likely N-dealkylation sites (tertiary alicyclic amines) is 1. The van der Waals surface area contributed by atoms with E-state index in [9.17, 15) is 18.4 Å². The smallest absolute Gasteiger partial charge is 0.387 e. The number of carbonyl (C=O) groups is 2. The van der Waals surface area contributed by atoms with E-state index in [4.69, 9.17) is 21.1 Å². The average Bonchev–Trinajstić information content (AvgIpc) is 3.48. The molecule has 0 radical (unpaired) electrons. The third kappa shape index (κ3) is 9.37. The van der Waals surface area contributed by atoms with Gasteiger partial charge in [-0.05, 0) is 68.4 Å². The minimum absolute atomic E-state index is 0.0868. The summed E-state index contributed by atoms with van der Waals surface area (Å²) in [6.45, 7) is 2.89. The molecule has 5 rings (SSSR count). The number of nitrogens with zero attached hydrogens (tertiary/aromatic N) is 6. The van der Waals surface area contributed by atoms with Crippen molar-refractivity contribution in [2.75, 3.05) is 45.7 Å². The number of hydrogen-bond acceptors (Lipinski definition) is 8. The number of allylic oxidation sites excluding steroid dienone is 1. The van der Waals surface area contributed by atoms with Gasteiger partial charge in [0.1, 0.15) is 36.2 Å². The van der Waals surface area contributed by atoms with Crippen LogP contribution in [0.25, 0.3) is 11.3 Å². The Hall–Kier alpha value is -4.53. The molecule has 2 aliphatic rings. The molecule has 0 atom stereocenters. The Morgan fingerprint density at radius 3 is 2.62 bits per heavy atom. The molecule has 2 aliphatic heterocycles. The van der Waals surface area contributed by atoms with Crippen molar-refractivity contribution in [1.29, 1.82) is 0 Å². The first-order valence-corrected chi connectivity index (χ1v) is 17.0. The molecule has 0 bridgehead atoms. The summed E-state index contributed by atoms with van der Waals surface area (Å²) in [6.07, 6.45) is 9.40. The molecule has 1 N–H and O–H groups in total. The van der Waals surface area contributed by atoms with Crippen LogP contribution in [0.3, 0.4) is 0 Å². The predicted octanol–water partition coefficient (Wildman–Crippen LogP) is 6.44. The Morgan fingerprint density at radius 1 is 1.20 bits per heavy atom. The van der Waals surface area contributed by atoms with Gasteiger partial charge >= 0.3 is 6.61 Å². The molecule has 3 aromatic rings. The second-order valence-electron chi connectivity index (χ2n) is 11.6. The Bertz CT molecular complexity index is 1790. The van der Waals surface area contributed by atoms with Crippen molar-refractivity contribution in [2.45, 2.75) is 32.0 Å². The number of hydrogen-bond donors (Lipinski definition) is 1. The van der Waals surface area contributed by atoms with Crippen LogP contribution in [0.1, 0.15) is 12.8 Å². The van der Waals surface area contributed by atoms with E-state index in [-0.39, 0.29) is 51.8 Å². The van der Waals surface area contributed by atoms with Crippen molar-refractivity contribution in [3.8, 4) is 22.8 Å². The average molecular weight is 773 g/mol. The van der Waals surface area contributed by atoms with Gasteiger partial charge in [-0.25, -0.2) is 4.99 Å². The van der Waals surface area contributed by atoms with E-state index in [0.29, 0.717) is 25.5 Å². The van der Waals surface area contributed by atoms with Gasteiger partial charge in [0.2, 0.25) is 5.91 Å². The Morgan fingerprint density at radius 2 is 1.94 bits per heavy atom. The molecule has 1 aromatic heterocycles. The quantitative estimate of drug-likeness (QED) is 0.200. The molecule has 0 spiro atoms. The first-order chi connectivity index (χ1) is 24.0. The van der Waals surface area contributed by atoms with Gasteiger partial charge in [-0.3, -0.25) is 19.2 Å². The fourth-order valence-electron chi connectivity index (χ4n) is 5.67. The normalized spacial score (nSPS) is 15.8. The van der Waals surface area contributed by atoms with Crippen LogP contribution < -0.4 is 14.8 Å². The van der Waals surface area contributed by atoms with Crippen LogP contribution in [0.5, 0.6) is 11.5 Å². The maximum Gasteiger partial charge on any atom is 0.387 e. The molecular formula is C35H37BrClF2N7O4. The highest BCUT2D eigenvalue weighted by Crippen LogP contribution is 2.37. The number of nitrogens with one attached hydrogen (secondary N) is 1. The fourth-order valence-corrected chi connectivity index (χ4v) is 6.11. The third-order valence-electron chi connectivity index (χ3n) is 8.30. The van der Waals surface area contributed by atoms with Crippen LogP contribution in [0.4, 0.5) is 14.5 Å². The van der Waals surface area contributed by atoms with Crippen LogP contribution in [0.2, 0.25) is 5.02 Å². The number of carbonyl (C=O) groups excluding carboxylic acids is 2. The number of aliphatic imine (C=N–C) groups is 1. The molecule has 0 unspecified atom stereocenters. The van der Waals surface area contributed by atoms with Crippen molar-refractivity contribution in [3.63, 3.8) is 0 Å². The highest BCUT2D eigenvalue weighted by atomic mass is 79.9. The lowest BCUT2D eigenvalue weighted by molar-refractivity contribution is -0.133. The summed E-state index contributed by atoms with van der Waals surface area (Å²) in [6, 6.07) is 12.1. The topological polar surface area (TPSA) is 105 Å². The van der Waals surface area contributed by atoms with E-state index in [2.05, 4.69) is 49.9 Å². The maximum absolute atomic E-state index is 13.5. The van der Waals surface area contributed by atoms with Gasteiger partial charge in [-0.1, -0.05) is 40.2 Å². The number of alkyl halides is 2. The molecule has 264 valence electrons. The number of piperidine rings is 1. The van der Waals surface area contributed by atoms with Gasteiger partial charge in [-0.15, -0.1) is 0 Å². The van der Waals surface area contributed by atoms with Gasteiger partial charge in [0, 0.05) is 66.4 Å². The third-order valence-corrected chi connectivity index (χ3v) is 9.07. The van der Waals surface area contributed by atoms with E-state index in [0.717, 1.165) is 29.6 Å². The first kappa shape index (κ1) is 36.7. The van der Waals surface area contributed by atoms with E-state index in [1.807, 2.05) is 24.3 Å². The second kappa shape index (κ2) is 16.9. The first-order valence-electron chi connectivity index (χ1n) is 15.8. The van der Waals surface area contributed by atoms with Gasteiger partial charge in [-0.2, -0.15) is 13.9 Å². The molecule has 50 heavy (non-hydrogen) atoms. The van der Waals surface area contributed by atoms with Crippen molar-refractivity contribution < 1.29 is 27.8 Å². The fraction of sp³-hybridized carbons (Fsp3) is 0.314. The number of benzene rings is 2. The molecule has 15 heteroatoms. The number of rotatable bonds is 13. The number of ether oxygens (including phenoxy) is 2. The summed E-state index contributed by atoms with van der Waals surface area (Å²) in [4.78, 5) is 37.0. The lowest BCUT2D eigenvalue weighted by Gasteiger charge is -2.36. The summed E-state index contributed by atoms with van der Waals surface area (Å²) in [5.41, 5.74) is 0.498. The molecule has 3 heterocycles. The van der Waals surface area contributed by atoms with Crippen LogP contribution in [0, 0.1) is 0 Å². The molecule has 11 nitrogen and oxygen atoms in total. The number of likely N-dealkylation sites (N-methyl/N-ethyl adjacent to an activating group) is 1. The maximum atomic E-state index is 13.5. The van der Waals surface area contributed by atoms with Crippen molar-refractivity contribution in [3.05, 3.63) is 94.5 Å². The summed E-state index contributed by atoms with van der Waals surface area (Å²) >= 11 is 9.68. The number of anilines is 1. The van der Waals surface area contributed by atoms with E-state index in [1.165, 1.54) is 35.2 Å². The highest BCUT2D eigenvalue weighted by molar-refractivity contribution is 9.10. The van der Waals surface area contributed by atoms with Gasteiger partial charge in [0.15, 0.2) is 0 Å². The second-order valence-corrected chi connectivity index (χ2v) is 13.0. The lowest BCUT2D eigenvalue weighted by Crippen LogP contribution is -2.47. The Balaban J connectivity index is 1.29. The van der Waals surface area contributed by atoms with Crippen molar-refractivity contribution in [1.82, 2.24) is 24.5 Å². The predicted molar refractivity (Wildman–Crippen MR) is 192 cm³/mol. The molecular weight excluding hydrogens is 736 g/mol. The summed E-state index contributed by atoms with van der Waals surface area (Å²) in [5.74, 6) is 0.203. The van der Waals surface area contributed by atoms with Crippen LogP contribution in [-0.2, 0) is 16.1 Å². The monoisotopic (exact) mass is 771 g/mol. The summed E-state index contributed by atoms with van der Waals surface area (Å²) in [7, 11) is 3.79. The lowest BCUT2D eigenvalue weighted by atomic mass is 10.0. The van der Waals surface area contributed by atoms with E-state index < -0.39 is 12.5 Å². The van der Waals surface area contributed by atoms with Crippen LogP contribution >= 0.6 is 27.5 Å². The number of halogens is 4. The Kier molecular flexibility index (Phi) is 12.4. The zero-order valence-corrected chi connectivity index (χ0v) is 29.9. The molecule has 0 saturated carbocycles. The largest absolute Gasteiger partial charge is 0.492 e. The number of amides is 2. The number of aromatic nitrogens is 2. The molecule has 0 aliphatic carbocycles. The minimum Gasteiger partial charge on any atom is -0.492 e. The Labute approximate surface area is 302 Å². The SMILES string of the molecule is C=CC(C(=O)Nc1cn(CC(=O)N2CCC(N(C)CCOc3ccc(Br)cc3)CC2)nc1-c1cc(Cl)ccc1OC(F)F)=C1N=CC=CN1C. The zero-order chi connectivity index (χ0) is 35.8. The zero-order valence-electron chi connectivity index (χ0n) is 27.6. The summed E-state index contributed by atoms with van der Waals surface area (Å²) < 4.78 is 39.7. The molecule has 1 fully saturated rings. The molecule has 2 aromatic carbocycles. The standard InChI is InChI=1S/C35H37BrClF2N7O4/c1-4-27(33-40-14-5-15-44(33)3)34(48)41-29-21-46(42-32(29)28-20-24(37)8-11-30(28)50-35(38)39)22-31(47)45-16-12-25(13-17-45)43(2)18-19-49-26-9-6-23(36)7-10-26/h4-11,14-15,20-21,25,35H,1,12-13,16-19,22H2,2-3H3,(H,41,48). The highest BCUT2D eigenvalue weighted by Gasteiger charge is 2.27. The van der Waals surface area contributed by atoms with Crippen molar-refractivity contribution in [2.24, 2.45) is 4.99 Å². The van der Waals surface area contributed by atoms with E-state index >= 15 is 0 Å².